The van der Waals surface area contributed by atoms with E-state index in [0.717, 1.165) is 50.1 Å². The number of aliphatic carboxylic acids is 2. The SMILES string of the molecule is Cc1cccc(C)c1-c1cccc([C@H](CC(=O)O)NC(=O)[C@H](CC(C)C)n2cccc(CCN(C)CCc3cccc(C)c3-c3cccc([C@H](CC(=O)O)NC(=O)[C@H](CC(C)C)n4cc(CN5CC[C@@H](F)C5)ccc4=O)c3)c2=O)c1. The minimum Gasteiger partial charge on any atom is -0.481 e. The third-order valence-electron chi connectivity index (χ3n) is 15.3. The smallest absolute Gasteiger partial charge is 0.305 e. The van der Waals surface area contributed by atoms with Crippen molar-refractivity contribution in [3.05, 3.63) is 187 Å². The third-order valence-corrected chi connectivity index (χ3v) is 15.3. The molecule has 3 heterocycles. The first kappa shape index (κ1) is 60.2. The number of halogens is 1. The van der Waals surface area contributed by atoms with Gasteiger partial charge in [-0.05, 0) is 151 Å². The molecule has 5 atom stereocenters. The number of benzene rings is 4. The fraction of sp³-hybridized carbons (Fsp3) is 0.415. The van der Waals surface area contributed by atoms with Crippen LogP contribution in [0.3, 0.4) is 0 Å². The molecule has 2 amide bonds. The van der Waals surface area contributed by atoms with Crippen LogP contribution in [0, 0.1) is 32.6 Å². The van der Waals surface area contributed by atoms with E-state index >= 15 is 0 Å². The maximum Gasteiger partial charge on any atom is 0.305 e. The number of amides is 2. The van der Waals surface area contributed by atoms with Gasteiger partial charge in [-0.15, -0.1) is 0 Å². The van der Waals surface area contributed by atoms with Crippen LogP contribution in [0.1, 0.15) is 128 Å². The number of hydrogen-bond acceptors (Lipinski definition) is 8. The molecule has 0 saturated carbocycles. The van der Waals surface area contributed by atoms with Crippen LogP contribution >= 0.6 is 0 Å². The topological polar surface area (TPSA) is 183 Å². The highest BCUT2D eigenvalue weighted by atomic mass is 19.1. The minimum atomic E-state index is -1.10. The number of nitrogens with one attached hydrogen (secondary N) is 2. The van der Waals surface area contributed by atoms with Gasteiger partial charge in [0.05, 0.1) is 24.9 Å². The summed E-state index contributed by atoms with van der Waals surface area (Å²) in [4.78, 5) is 85.3. The van der Waals surface area contributed by atoms with Gasteiger partial charge in [-0.1, -0.05) is 113 Å². The Morgan fingerprint density at radius 2 is 1.15 bits per heavy atom. The Labute approximate surface area is 469 Å². The fourth-order valence-corrected chi connectivity index (χ4v) is 11.2. The Bertz CT molecular complexity index is 3260. The number of likely N-dealkylation sites (N-methyl/N-ethyl adjacent to an activating group) is 1. The Morgan fingerprint density at radius 1 is 0.650 bits per heavy atom. The van der Waals surface area contributed by atoms with E-state index in [4.69, 9.17) is 0 Å². The lowest BCUT2D eigenvalue weighted by Gasteiger charge is -2.26. The Kier molecular flexibility index (Phi) is 20.7. The van der Waals surface area contributed by atoms with Gasteiger partial charge in [0.2, 0.25) is 11.8 Å². The fourth-order valence-electron chi connectivity index (χ4n) is 11.2. The van der Waals surface area contributed by atoms with Crippen molar-refractivity contribution in [2.45, 2.75) is 130 Å². The molecule has 4 N–H and O–H groups in total. The number of likely N-dealkylation sites (tertiary alicyclic amines) is 1. The summed E-state index contributed by atoms with van der Waals surface area (Å²) in [7, 11) is 1.99. The molecule has 0 bridgehead atoms. The normalized spacial score (nSPS) is 15.2. The highest BCUT2D eigenvalue weighted by molar-refractivity contribution is 5.83. The van der Waals surface area contributed by atoms with Crippen LogP contribution < -0.4 is 21.8 Å². The van der Waals surface area contributed by atoms with Crippen LogP contribution in [0.5, 0.6) is 0 Å². The molecule has 14 nitrogen and oxygen atoms in total. The largest absolute Gasteiger partial charge is 0.481 e. The minimum absolute atomic E-state index is 0.0201. The number of hydrogen-bond donors (Lipinski definition) is 4. The van der Waals surface area contributed by atoms with Crippen molar-refractivity contribution < 1.29 is 33.8 Å². The Hall–Kier alpha value is -7.49. The molecule has 0 spiro atoms. The van der Waals surface area contributed by atoms with Crippen molar-refractivity contribution in [2.24, 2.45) is 11.8 Å². The number of carboxylic acids is 2. The average Bonchev–Trinajstić information content (AvgIpc) is 3.83. The zero-order valence-corrected chi connectivity index (χ0v) is 47.6. The van der Waals surface area contributed by atoms with Crippen molar-refractivity contribution in [2.75, 3.05) is 33.2 Å². The molecule has 7 rings (SSSR count). The summed E-state index contributed by atoms with van der Waals surface area (Å²) in [5.41, 5.74) is 10.0. The number of alkyl halides is 1. The quantitative estimate of drug-likeness (QED) is 0.0408. The number of carbonyl (C=O) groups excluding carboxylic acids is 2. The van der Waals surface area contributed by atoms with E-state index in [2.05, 4.69) is 21.6 Å². The summed E-state index contributed by atoms with van der Waals surface area (Å²) in [5.74, 6) is -3.00. The van der Waals surface area contributed by atoms with E-state index in [1.165, 1.54) is 15.2 Å². The Balaban J connectivity index is 1.05. The molecule has 0 radical (unpaired) electrons. The van der Waals surface area contributed by atoms with Gasteiger partial charge in [-0.3, -0.25) is 33.7 Å². The van der Waals surface area contributed by atoms with Crippen LogP contribution in [-0.4, -0.2) is 92.3 Å². The molecule has 1 saturated heterocycles. The first-order valence-corrected chi connectivity index (χ1v) is 28.0. The second-order valence-corrected chi connectivity index (χ2v) is 22.7. The van der Waals surface area contributed by atoms with Crippen LogP contribution in [-0.2, 0) is 38.6 Å². The van der Waals surface area contributed by atoms with Crippen molar-refractivity contribution >= 4 is 23.8 Å². The van der Waals surface area contributed by atoms with Gasteiger partial charge in [-0.2, -0.15) is 0 Å². The number of rotatable bonds is 26. The van der Waals surface area contributed by atoms with Crippen LogP contribution in [0.2, 0.25) is 0 Å². The molecular weight excluding hydrogens is 1010 g/mol. The second-order valence-electron chi connectivity index (χ2n) is 22.7. The van der Waals surface area contributed by atoms with Crippen molar-refractivity contribution in [3.63, 3.8) is 0 Å². The number of nitrogens with zero attached hydrogens (tertiary/aromatic N) is 4. The van der Waals surface area contributed by atoms with Crippen molar-refractivity contribution in [1.29, 1.82) is 0 Å². The molecule has 1 aliphatic rings. The Morgan fingerprint density at radius 3 is 1.69 bits per heavy atom. The van der Waals surface area contributed by atoms with Crippen LogP contribution in [0.4, 0.5) is 4.39 Å². The number of pyridine rings is 2. The summed E-state index contributed by atoms with van der Waals surface area (Å²) in [6.45, 7) is 16.5. The molecular formula is C65H79FN6O8. The van der Waals surface area contributed by atoms with Crippen LogP contribution in [0.15, 0.2) is 131 Å². The molecule has 424 valence electrons. The first-order valence-electron chi connectivity index (χ1n) is 28.0. The monoisotopic (exact) mass is 1090 g/mol. The number of carbonyl (C=O) groups is 4. The van der Waals surface area contributed by atoms with E-state index in [1.807, 2.05) is 133 Å². The molecule has 2 aromatic heterocycles. The second kappa shape index (κ2) is 27.6. The molecule has 1 aliphatic heterocycles. The summed E-state index contributed by atoms with van der Waals surface area (Å²) < 4.78 is 16.9. The van der Waals surface area contributed by atoms with Crippen LogP contribution in [0.25, 0.3) is 22.3 Å². The van der Waals surface area contributed by atoms with E-state index in [-0.39, 0.29) is 29.4 Å². The van der Waals surface area contributed by atoms with Gasteiger partial charge in [0.15, 0.2) is 0 Å². The lowest BCUT2D eigenvalue weighted by molar-refractivity contribution is -0.139. The zero-order valence-electron chi connectivity index (χ0n) is 47.6. The predicted octanol–water partition coefficient (Wildman–Crippen LogP) is 10.4. The summed E-state index contributed by atoms with van der Waals surface area (Å²) in [5, 5.41) is 26.2. The molecule has 0 unspecified atom stereocenters. The third kappa shape index (κ3) is 15.9. The molecule has 0 aliphatic carbocycles. The van der Waals surface area contributed by atoms with Gasteiger partial charge in [0, 0.05) is 56.7 Å². The highest BCUT2D eigenvalue weighted by Crippen LogP contribution is 2.33. The summed E-state index contributed by atoms with van der Waals surface area (Å²) in [6.07, 6.45) is 3.88. The lowest BCUT2D eigenvalue weighted by Crippen LogP contribution is -2.41. The van der Waals surface area contributed by atoms with Gasteiger partial charge >= 0.3 is 11.9 Å². The first-order chi connectivity index (χ1) is 38.1. The molecule has 80 heavy (non-hydrogen) atoms. The van der Waals surface area contributed by atoms with E-state index in [9.17, 15) is 43.4 Å². The van der Waals surface area contributed by atoms with Gasteiger partial charge in [-0.25, -0.2) is 4.39 Å². The van der Waals surface area contributed by atoms with E-state index in [0.29, 0.717) is 81.5 Å². The van der Waals surface area contributed by atoms with Gasteiger partial charge in [0.25, 0.3) is 11.1 Å². The van der Waals surface area contributed by atoms with Crippen molar-refractivity contribution in [3.8, 4) is 22.3 Å². The average molecular weight is 1090 g/mol. The van der Waals surface area contributed by atoms with E-state index in [1.54, 1.807) is 36.7 Å². The molecule has 6 aromatic rings. The summed E-state index contributed by atoms with van der Waals surface area (Å²) in [6, 6.07) is 30.5. The van der Waals surface area contributed by atoms with Gasteiger partial charge < -0.3 is 34.9 Å². The number of carboxylic acid groups (broad SMARTS) is 2. The summed E-state index contributed by atoms with van der Waals surface area (Å²) >= 11 is 0. The molecule has 15 heteroatoms. The van der Waals surface area contributed by atoms with E-state index < -0.39 is 60.5 Å². The lowest BCUT2D eigenvalue weighted by atomic mass is 9.90. The molecule has 1 fully saturated rings. The maximum atomic E-state index is 14.4. The maximum absolute atomic E-state index is 14.4. The highest BCUT2D eigenvalue weighted by Gasteiger charge is 2.30. The van der Waals surface area contributed by atoms with Crippen molar-refractivity contribution in [1.82, 2.24) is 29.6 Å². The number of aromatic nitrogens is 2. The number of aryl methyl sites for hydroxylation is 3. The zero-order chi connectivity index (χ0) is 57.8. The molecule has 4 aromatic carbocycles. The predicted molar refractivity (Wildman–Crippen MR) is 312 cm³/mol. The van der Waals surface area contributed by atoms with Gasteiger partial charge in [0.1, 0.15) is 18.3 Å². The standard InChI is InChI=1S/C65H79FN6O8/c1-41(2)32-56(63(78)67-54(36-59(74)75)49-18-11-20-51(34-49)61-43(5)14-9-15-44(61)6)71-28-13-22-48(65(71)80)26-30-69(8)29-25-47-17-10-16-45(7)62(47)52-21-12-19-50(35-52)55(37-60(76)77)68-64(79)57(33-42(3)4)72-39-46(23-24-58(72)73)38-70-31-27-53(66)40-70/h9-24,28,34-35,39,41-42,53-57H,25-27,29-33,36-38,40H2,1-8H3,(H,67,78)(H,68,79)(H,74,75)(H,76,77)/t53-,54+,55+,56+,57+/m1/s1.